The Balaban J connectivity index is 1.55. The van der Waals surface area contributed by atoms with Gasteiger partial charge in [-0.2, -0.15) is 0 Å². The molecule has 2 aromatic heterocycles. The largest absolute Gasteiger partial charge is 0.497 e. The van der Waals surface area contributed by atoms with Gasteiger partial charge in [-0.15, -0.1) is 0 Å². The second-order valence-corrected chi connectivity index (χ2v) is 9.74. The predicted molar refractivity (Wildman–Crippen MR) is 154 cm³/mol. The SMILES string of the molecule is COc1cccc(N2C(=S)N[C@@H](c3ccccn3)[C@@H]2c2cc(C)n(-c3cccc4ccccc34)c2C)c1. The Bertz CT molecular complexity index is 1610. The molecule has 0 amide bonds. The average molecular weight is 505 g/mol. The van der Waals surface area contributed by atoms with Crippen LogP contribution in [0, 0.1) is 13.8 Å². The first-order valence-electron chi connectivity index (χ1n) is 12.4. The number of benzene rings is 3. The van der Waals surface area contributed by atoms with Gasteiger partial charge in [-0.3, -0.25) is 4.98 Å². The average Bonchev–Trinajstić information content (AvgIpc) is 3.43. The number of nitrogens with one attached hydrogen (secondary N) is 1. The van der Waals surface area contributed by atoms with Gasteiger partial charge in [0, 0.05) is 34.7 Å². The lowest BCUT2D eigenvalue weighted by Gasteiger charge is -2.28. The molecule has 1 aliphatic heterocycles. The van der Waals surface area contributed by atoms with Crippen LogP contribution in [0.3, 0.4) is 0 Å². The van der Waals surface area contributed by atoms with Crippen molar-refractivity contribution in [2.75, 3.05) is 12.0 Å². The first-order valence-corrected chi connectivity index (χ1v) is 12.8. The number of rotatable bonds is 5. The van der Waals surface area contributed by atoms with Gasteiger partial charge in [0.2, 0.25) is 0 Å². The summed E-state index contributed by atoms with van der Waals surface area (Å²) in [6.07, 6.45) is 1.84. The first kappa shape index (κ1) is 23.3. The van der Waals surface area contributed by atoms with Crippen LogP contribution in [0.4, 0.5) is 5.69 Å². The number of pyridine rings is 1. The number of methoxy groups -OCH3 is 1. The molecule has 5 nitrogen and oxygen atoms in total. The molecular formula is C31H28N4OS. The molecule has 0 radical (unpaired) electrons. The second-order valence-electron chi connectivity index (χ2n) is 9.36. The zero-order chi connectivity index (χ0) is 25.5. The Hall–Kier alpha value is -4.16. The number of thiocarbonyl (C=S) groups is 1. The standard InChI is InChI=1S/C31H28N4OS/c1-20-18-26(21(2)34(20)28-16-8-11-22-10-4-5-14-25(22)28)30-29(27-15-6-7-17-32-27)33-31(37)35(30)23-12-9-13-24(19-23)36-3/h4-19,29-30H,1-3H3,(H,33,37)/t29-,30-/m0/s1. The van der Waals surface area contributed by atoms with E-state index in [-0.39, 0.29) is 12.1 Å². The predicted octanol–water partition coefficient (Wildman–Crippen LogP) is 6.83. The van der Waals surface area contributed by atoms with Crippen molar-refractivity contribution in [2.45, 2.75) is 25.9 Å². The fourth-order valence-electron chi connectivity index (χ4n) is 5.57. The lowest BCUT2D eigenvalue weighted by Crippen LogP contribution is -2.29. The summed E-state index contributed by atoms with van der Waals surface area (Å²) in [5.41, 5.74) is 6.67. The fraction of sp³-hybridized carbons (Fsp3) is 0.161. The van der Waals surface area contributed by atoms with Crippen LogP contribution in [0.2, 0.25) is 0 Å². The van der Waals surface area contributed by atoms with E-state index in [9.17, 15) is 0 Å². The maximum Gasteiger partial charge on any atom is 0.174 e. The van der Waals surface area contributed by atoms with Gasteiger partial charge < -0.3 is 19.5 Å². The summed E-state index contributed by atoms with van der Waals surface area (Å²) < 4.78 is 7.90. The molecule has 5 aromatic rings. The molecule has 6 heteroatoms. The molecule has 0 unspecified atom stereocenters. The van der Waals surface area contributed by atoms with E-state index in [2.05, 4.69) is 89.3 Å². The van der Waals surface area contributed by atoms with E-state index >= 15 is 0 Å². The lowest BCUT2D eigenvalue weighted by molar-refractivity contribution is 0.415. The van der Waals surface area contributed by atoms with E-state index in [4.69, 9.17) is 21.9 Å². The number of hydrogen-bond acceptors (Lipinski definition) is 3. The van der Waals surface area contributed by atoms with Crippen LogP contribution in [0.1, 0.15) is 34.7 Å². The third-order valence-electron chi connectivity index (χ3n) is 7.23. The van der Waals surface area contributed by atoms with Gasteiger partial charge >= 0.3 is 0 Å². The summed E-state index contributed by atoms with van der Waals surface area (Å²) in [6.45, 7) is 4.37. The van der Waals surface area contributed by atoms with Crippen molar-refractivity contribution in [3.8, 4) is 11.4 Å². The quantitative estimate of drug-likeness (QED) is 0.266. The minimum Gasteiger partial charge on any atom is -0.497 e. The minimum absolute atomic E-state index is 0.0931. The summed E-state index contributed by atoms with van der Waals surface area (Å²) in [6, 6.07) is 31.2. The highest BCUT2D eigenvalue weighted by Gasteiger charge is 2.42. The molecule has 184 valence electrons. The second kappa shape index (κ2) is 9.37. The summed E-state index contributed by atoms with van der Waals surface area (Å²) in [5, 5.41) is 6.70. The van der Waals surface area contributed by atoms with Gasteiger partial charge in [0.25, 0.3) is 0 Å². The zero-order valence-electron chi connectivity index (χ0n) is 21.1. The molecule has 0 aliphatic carbocycles. The molecule has 0 bridgehead atoms. The highest BCUT2D eigenvalue weighted by Crippen LogP contribution is 2.44. The highest BCUT2D eigenvalue weighted by molar-refractivity contribution is 7.80. The van der Waals surface area contributed by atoms with E-state index in [0.717, 1.165) is 17.1 Å². The number of aromatic nitrogens is 2. The van der Waals surface area contributed by atoms with Gasteiger partial charge in [0.15, 0.2) is 5.11 Å². The normalized spacial score (nSPS) is 17.3. The van der Waals surface area contributed by atoms with Gasteiger partial charge in [-0.05, 0) is 73.4 Å². The molecule has 1 N–H and O–H groups in total. The molecule has 0 saturated carbocycles. The molecule has 1 saturated heterocycles. The van der Waals surface area contributed by atoms with E-state index in [0.29, 0.717) is 5.11 Å². The number of nitrogens with zero attached hydrogens (tertiary/aromatic N) is 3. The Morgan fingerprint density at radius 2 is 1.68 bits per heavy atom. The molecule has 2 atom stereocenters. The Kier molecular flexibility index (Phi) is 5.89. The molecule has 3 heterocycles. The van der Waals surface area contributed by atoms with Crippen LogP contribution >= 0.6 is 12.2 Å². The minimum atomic E-state index is -0.110. The Labute approximate surface area is 222 Å². The smallest absolute Gasteiger partial charge is 0.174 e. The van der Waals surface area contributed by atoms with Crippen LogP contribution in [0.25, 0.3) is 16.5 Å². The molecule has 37 heavy (non-hydrogen) atoms. The molecular weight excluding hydrogens is 476 g/mol. The number of hydrogen-bond donors (Lipinski definition) is 1. The monoisotopic (exact) mass is 504 g/mol. The molecule has 3 aromatic carbocycles. The van der Waals surface area contributed by atoms with E-state index in [1.165, 1.54) is 33.4 Å². The fourth-order valence-corrected chi connectivity index (χ4v) is 5.92. The van der Waals surface area contributed by atoms with Gasteiger partial charge in [0.1, 0.15) is 5.75 Å². The number of ether oxygens (including phenoxy) is 1. The highest BCUT2D eigenvalue weighted by atomic mass is 32.1. The van der Waals surface area contributed by atoms with Crippen molar-refractivity contribution in [3.63, 3.8) is 0 Å². The summed E-state index contributed by atoms with van der Waals surface area (Å²) in [4.78, 5) is 6.91. The topological polar surface area (TPSA) is 42.3 Å². The van der Waals surface area contributed by atoms with Crippen LogP contribution in [-0.4, -0.2) is 21.8 Å². The molecule has 0 spiro atoms. The molecule has 6 rings (SSSR count). The van der Waals surface area contributed by atoms with Crippen molar-refractivity contribution < 1.29 is 4.74 Å². The van der Waals surface area contributed by atoms with Crippen molar-refractivity contribution in [3.05, 3.63) is 120 Å². The van der Waals surface area contributed by atoms with Crippen molar-refractivity contribution in [1.29, 1.82) is 0 Å². The van der Waals surface area contributed by atoms with Crippen molar-refractivity contribution in [2.24, 2.45) is 0 Å². The Morgan fingerprint density at radius 1 is 0.892 bits per heavy atom. The Morgan fingerprint density at radius 3 is 2.49 bits per heavy atom. The van der Waals surface area contributed by atoms with Gasteiger partial charge in [-0.25, -0.2) is 0 Å². The third kappa shape index (κ3) is 3.94. The zero-order valence-corrected chi connectivity index (χ0v) is 21.9. The van der Waals surface area contributed by atoms with E-state index in [1.54, 1.807) is 7.11 Å². The number of aryl methyl sites for hydroxylation is 1. The number of anilines is 1. The van der Waals surface area contributed by atoms with Crippen LogP contribution in [0.15, 0.2) is 97.2 Å². The van der Waals surface area contributed by atoms with Crippen molar-refractivity contribution in [1.82, 2.24) is 14.9 Å². The maximum absolute atomic E-state index is 5.94. The van der Waals surface area contributed by atoms with Gasteiger partial charge in [0.05, 0.1) is 30.6 Å². The van der Waals surface area contributed by atoms with Gasteiger partial charge in [-0.1, -0.05) is 48.5 Å². The summed E-state index contributed by atoms with van der Waals surface area (Å²) in [7, 11) is 1.69. The maximum atomic E-state index is 5.94. The molecule has 1 fully saturated rings. The summed E-state index contributed by atoms with van der Waals surface area (Å²) >= 11 is 5.94. The van der Waals surface area contributed by atoms with Crippen molar-refractivity contribution >= 4 is 33.8 Å². The van der Waals surface area contributed by atoms with Crippen LogP contribution < -0.4 is 15.0 Å². The van der Waals surface area contributed by atoms with Crippen LogP contribution in [-0.2, 0) is 0 Å². The lowest BCUT2D eigenvalue weighted by atomic mass is 9.96. The van der Waals surface area contributed by atoms with E-state index in [1.807, 2.05) is 36.5 Å². The summed E-state index contributed by atoms with van der Waals surface area (Å²) in [5.74, 6) is 0.793. The number of fused-ring (bicyclic) bond motifs is 1. The molecule has 1 aliphatic rings. The van der Waals surface area contributed by atoms with Crippen LogP contribution in [0.5, 0.6) is 5.75 Å². The first-order chi connectivity index (χ1) is 18.1. The third-order valence-corrected chi connectivity index (χ3v) is 7.54. The van der Waals surface area contributed by atoms with E-state index < -0.39 is 0 Å².